The maximum absolute atomic E-state index is 13.3. The van der Waals surface area contributed by atoms with E-state index in [1.165, 1.54) is 4.90 Å². The first-order chi connectivity index (χ1) is 16.5. The van der Waals surface area contributed by atoms with Gasteiger partial charge in [-0.25, -0.2) is 0 Å². The molecule has 2 heterocycles. The molecule has 1 aliphatic heterocycles. The second kappa shape index (κ2) is 9.79. The monoisotopic (exact) mass is 458 g/mol. The van der Waals surface area contributed by atoms with E-state index in [4.69, 9.17) is 9.47 Å². The van der Waals surface area contributed by atoms with Crippen molar-refractivity contribution in [3.63, 3.8) is 0 Å². The van der Waals surface area contributed by atoms with Crippen LogP contribution in [0.3, 0.4) is 0 Å². The largest absolute Gasteiger partial charge is 0.507 e. The van der Waals surface area contributed by atoms with Crippen LogP contribution in [0.2, 0.25) is 0 Å². The summed E-state index contributed by atoms with van der Waals surface area (Å²) in [6, 6.07) is 16.6. The van der Waals surface area contributed by atoms with E-state index in [0.717, 1.165) is 5.56 Å². The second-order valence-corrected chi connectivity index (χ2v) is 7.73. The number of aromatic nitrogens is 1. The molecule has 1 aromatic heterocycles. The molecule has 2 aromatic carbocycles. The number of carbonyl (C=O) groups is 2. The molecule has 7 nitrogen and oxygen atoms in total. The van der Waals surface area contributed by atoms with Gasteiger partial charge in [0.1, 0.15) is 23.3 Å². The zero-order valence-electron chi connectivity index (χ0n) is 19.3. The Morgan fingerprint density at radius 3 is 2.41 bits per heavy atom. The minimum Gasteiger partial charge on any atom is -0.507 e. The summed E-state index contributed by atoms with van der Waals surface area (Å²) in [5, 5.41) is 11.4. The van der Waals surface area contributed by atoms with Crippen LogP contribution in [0, 0.1) is 6.92 Å². The predicted molar refractivity (Wildman–Crippen MR) is 129 cm³/mol. The van der Waals surface area contributed by atoms with Crippen LogP contribution in [-0.4, -0.2) is 35.0 Å². The smallest absolute Gasteiger partial charge is 0.300 e. The van der Waals surface area contributed by atoms with Crippen molar-refractivity contribution in [1.29, 1.82) is 0 Å². The van der Waals surface area contributed by atoms with Crippen LogP contribution >= 0.6 is 0 Å². The van der Waals surface area contributed by atoms with Crippen LogP contribution in [0.1, 0.15) is 36.7 Å². The molecular formula is C27H26N2O5. The molecule has 34 heavy (non-hydrogen) atoms. The Hall–Kier alpha value is -4.13. The fourth-order valence-corrected chi connectivity index (χ4v) is 4.11. The highest BCUT2D eigenvalue weighted by Crippen LogP contribution is 2.43. The van der Waals surface area contributed by atoms with Gasteiger partial charge in [-0.2, -0.15) is 0 Å². The van der Waals surface area contributed by atoms with E-state index in [1.54, 1.807) is 54.7 Å². The summed E-state index contributed by atoms with van der Waals surface area (Å²) in [6.07, 6.45) is 1.59. The molecule has 7 heteroatoms. The average Bonchev–Trinajstić information content (AvgIpc) is 3.10. The molecule has 1 saturated heterocycles. The number of para-hydroxylation sites is 1. The summed E-state index contributed by atoms with van der Waals surface area (Å²) >= 11 is 0. The van der Waals surface area contributed by atoms with Gasteiger partial charge in [0.2, 0.25) is 0 Å². The van der Waals surface area contributed by atoms with Crippen molar-refractivity contribution in [2.24, 2.45) is 0 Å². The summed E-state index contributed by atoms with van der Waals surface area (Å²) < 4.78 is 11.3. The Morgan fingerprint density at radius 2 is 1.74 bits per heavy atom. The first kappa shape index (κ1) is 23.0. The molecule has 3 aromatic rings. The molecule has 1 atom stereocenters. The van der Waals surface area contributed by atoms with Crippen LogP contribution < -0.4 is 14.4 Å². The third-order valence-corrected chi connectivity index (χ3v) is 5.61. The number of nitrogens with zero attached hydrogens (tertiary/aromatic N) is 2. The lowest BCUT2D eigenvalue weighted by atomic mass is 9.97. The molecule has 174 valence electrons. The maximum Gasteiger partial charge on any atom is 0.300 e. The van der Waals surface area contributed by atoms with Crippen LogP contribution in [-0.2, 0) is 9.59 Å². The Bertz CT molecular complexity index is 1250. The van der Waals surface area contributed by atoms with Crippen LogP contribution in [0.15, 0.2) is 72.4 Å². The zero-order valence-corrected chi connectivity index (χ0v) is 19.3. The molecule has 1 unspecified atom stereocenters. The number of aliphatic hydroxyl groups is 1. The number of pyridine rings is 1. The zero-order chi connectivity index (χ0) is 24.2. The molecule has 1 N–H and O–H groups in total. The highest BCUT2D eigenvalue weighted by atomic mass is 16.5. The van der Waals surface area contributed by atoms with Crippen molar-refractivity contribution >= 4 is 23.1 Å². The van der Waals surface area contributed by atoms with Gasteiger partial charge in [0.05, 0.1) is 30.0 Å². The Labute approximate surface area is 198 Å². The molecule has 1 amide bonds. The van der Waals surface area contributed by atoms with E-state index < -0.39 is 17.7 Å². The number of benzene rings is 2. The van der Waals surface area contributed by atoms with Crippen LogP contribution in [0.25, 0.3) is 5.76 Å². The Morgan fingerprint density at radius 1 is 1.00 bits per heavy atom. The van der Waals surface area contributed by atoms with E-state index in [1.807, 2.05) is 32.9 Å². The van der Waals surface area contributed by atoms with Crippen LogP contribution in [0.5, 0.6) is 11.5 Å². The lowest BCUT2D eigenvalue weighted by Gasteiger charge is -2.26. The summed E-state index contributed by atoms with van der Waals surface area (Å²) in [7, 11) is 0. The summed E-state index contributed by atoms with van der Waals surface area (Å²) in [6.45, 7) is 6.37. The molecule has 0 radical (unpaired) electrons. The van der Waals surface area contributed by atoms with Crippen molar-refractivity contribution in [2.75, 3.05) is 18.1 Å². The molecule has 0 spiro atoms. The van der Waals surface area contributed by atoms with Crippen molar-refractivity contribution in [1.82, 2.24) is 4.98 Å². The number of carbonyl (C=O) groups excluding carboxylic acids is 2. The van der Waals surface area contributed by atoms with Gasteiger partial charge in [0, 0.05) is 18.0 Å². The fraction of sp³-hybridized carbons (Fsp3) is 0.222. The van der Waals surface area contributed by atoms with E-state index >= 15 is 0 Å². The topological polar surface area (TPSA) is 89.0 Å². The summed E-state index contributed by atoms with van der Waals surface area (Å²) in [5.41, 5.74) is 2.12. The number of amides is 1. The highest BCUT2D eigenvalue weighted by Gasteiger charge is 2.48. The van der Waals surface area contributed by atoms with Gasteiger partial charge in [-0.1, -0.05) is 24.3 Å². The van der Waals surface area contributed by atoms with Gasteiger partial charge >= 0.3 is 0 Å². The van der Waals surface area contributed by atoms with Crippen LogP contribution in [0.4, 0.5) is 5.69 Å². The van der Waals surface area contributed by atoms with E-state index in [-0.39, 0.29) is 11.3 Å². The summed E-state index contributed by atoms with van der Waals surface area (Å²) in [4.78, 5) is 32.4. The third-order valence-electron chi connectivity index (χ3n) is 5.61. The highest BCUT2D eigenvalue weighted by molar-refractivity contribution is 6.51. The predicted octanol–water partition coefficient (Wildman–Crippen LogP) is 4.81. The minimum atomic E-state index is -0.900. The number of aryl methyl sites for hydroxylation is 1. The SMILES string of the molecule is CCOc1ccc(/C(O)=C2/C(=O)C(=O)N(c3ccccc3C)C2c2ccccn2)c(OCC)c1. The van der Waals surface area contributed by atoms with Crippen molar-refractivity contribution in [3.8, 4) is 11.5 Å². The number of rotatable bonds is 7. The number of anilines is 1. The van der Waals surface area contributed by atoms with E-state index in [0.29, 0.717) is 41.7 Å². The quantitative estimate of drug-likeness (QED) is 0.310. The normalized spacial score (nSPS) is 17.1. The van der Waals surface area contributed by atoms with Crippen molar-refractivity contribution in [2.45, 2.75) is 26.8 Å². The maximum atomic E-state index is 13.3. The number of hydrogen-bond acceptors (Lipinski definition) is 6. The third kappa shape index (κ3) is 4.12. The number of Topliss-reactive ketones (excluding diaryl/α,β-unsaturated/α-hetero) is 1. The van der Waals surface area contributed by atoms with E-state index in [2.05, 4.69) is 4.98 Å². The Balaban J connectivity index is 1.94. The lowest BCUT2D eigenvalue weighted by Crippen LogP contribution is -2.30. The first-order valence-corrected chi connectivity index (χ1v) is 11.2. The molecular weight excluding hydrogens is 432 g/mol. The Kier molecular flexibility index (Phi) is 6.63. The summed E-state index contributed by atoms with van der Waals surface area (Å²) in [5.74, 6) is -0.906. The lowest BCUT2D eigenvalue weighted by molar-refractivity contribution is -0.132. The van der Waals surface area contributed by atoms with Gasteiger partial charge in [-0.3, -0.25) is 19.5 Å². The first-order valence-electron chi connectivity index (χ1n) is 11.2. The number of ether oxygens (including phenoxy) is 2. The second-order valence-electron chi connectivity index (χ2n) is 7.73. The van der Waals surface area contributed by atoms with Gasteiger partial charge < -0.3 is 14.6 Å². The molecule has 4 rings (SSSR count). The number of ketones is 1. The minimum absolute atomic E-state index is 0.0444. The van der Waals surface area contributed by atoms with Gasteiger partial charge in [-0.15, -0.1) is 0 Å². The van der Waals surface area contributed by atoms with Gasteiger partial charge in [0.25, 0.3) is 11.7 Å². The molecule has 1 aliphatic rings. The molecule has 0 aliphatic carbocycles. The van der Waals surface area contributed by atoms with Gasteiger partial charge in [-0.05, 0) is 56.7 Å². The van der Waals surface area contributed by atoms with Crippen molar-refractivity contribution < 1.29 is 24.2 Å². The standard InChI is InChI=1S/C27H26N2O5/c1-4-33-18-13-14-19(22(16-18)34-5-2)25(30)23-24(20-11-8-9-15-28-20)29(27(32)26(23)31)21-12-7-6-10-17(21)3/h6-16,24,30H,4-5H2,1-3H3/b25-23-. The molecule has 0 bridgehead atoms. The number of aliphatic hydroxyl groups excluding tert-OH is 1. The van der Waals surface area contributed by atoms with Crippen molar-refractivity contribution in [3.05, 3.63) is 89.3 Å². The average molecular weight is 459 g/mol. The van der Waals surface area contributed by atoms with Gasteiger partial charge in [0.15, 0.2) is 0 Å². The number of hydrogen-bond donors (Lipinski definition) is 1. The molecule has 0 saturated carbocycles. The molecule has 1 fully saturated rings. The van der Waals surface area contributed by atoms with E-state index in [9.17, 15) is 14.7 Å². The fourth-order valence-electron chi connectivity index (χ4n) is 4.11.